The molecule has 0 radical (unpaired) electrons. The summed E-state index contributed by atoms with van der Waals surface area (Å²) in [5, 5.41) is 9.39. The van der Waals surface area contributed by atoms with Crippen LogP contribution in [0, 0.1) is 0 Å². The highest BCUT2D eigenvalue weighted by molar-refractivity contribution is 6.04. The van der Waals surface area contributed by atoms with Crippen LogP contribution in [0.1, 0.15) is 21.7 Å². The number of nitrogens with zero attached hydrogens (tertiary/aromatic N) is 2. The molecule has 3 heterocycles. The van der Waals surface area contributed by atoms with Crippen LogP contribution in [0.15, 0.2) is 41.3 Å². The van der Waals surface area contributed by atoms with E-state index in [0.717, 1.165) is 11.3 Å². The van der Waals surface area contributed by atoms with E-state index in [4.69, 9.17) is 9.84 Å². The van der Waals surface area contributed by atoms with E-state index < -0.39 is 5.97 Å². The molecule has 0 spiro atoms. The van der Waals surface area contributed by atoms with Crippen LogP contribution in [-0.2, 0) is 6.42 Å². The van der Waals surface area contributed by atoms with Crippen molar-refractivity contribution in [3.63, 3.8) is 0 Å². The second kappa shape index (κ2) is 5.99. The third-order valence-electron chi connectivity index (χ3n) is 4.10. The Morgan fingerprint density at radius 3 is 2.88 bits per heavy atom. The Morgan fingerprint density at radius 1 is 1.27 bits per heavy atom. The van der Waals surface area contributed by atoms with E-state index in [0.29, 0.717) is 34.3 Å². The number of hydrogen-bond acceptors (Lipinski definition) is 5. The Balaban J connectivity index is 1.81. The van der Waals surface area contributed by atoms with E-state index >= 15 is 0 Å². The summed E-state index contributed by atoms with van der Waals surface area (Å²) in [6, 6.07) is 8.93. The first-order valence-electron chi connectivity index (χ1n) is 7.82. The number of fused-ring (bicyclic) bond motifs is 3. The van der Waals surface area contributed by atoms with Gasteiger partial charge in [0.1, 0.15) is 28.1 Å². The van der Waals surface area contributed by atoms with Gasteiger partial charge < -0.3 is 19.8 Å². The van der Waals surface area contributed by atoms with E-state index in [1.165, 1.54) is 12.3 Å². The summed E-state index contributed by atoms with van der Waals surface area (Å²) in [4.78, 5) is 37.9. The molecule has 0 aliphatic heterocycles. The summed E-state index contributed by atoms with van der Waals surface area (Å²) in [6.07, 6.45) is 1.65. The molecule has 8 nitrogen and oxygen atoms in total. The highest BCUT2D eigenvalue weighted by atomic mass is 16.5. The number of carbonyl (C=O) groups is 1. The fraction of sp³-hybridized carbons (Fsp3) is 0.111. The van der Waals surface area contributed by atoms with Crippen molar-refractivity contribution in [2.24, 2.45) is 0 Å². The van der Waals surface area contributed by atoms with Crippen molar-refractivity contribution in [2.75, 3.05) is 7.11 Å². The van der Waals surface area contributed by atoms with E-state index in [1.54, 1.807) is 7.11 Å². The quantitative estimate of drug-likeness (QED) is 0.518. The molecular formula is C18H14N4O4. The van der Waals surface area contributed by atoms with Crippen molar-refractivity contribution in [2.45, 2.75) is 6.42 Å². The molecule has 0 aliphatic rings. The molecule has 130 valence electrons. The standard InChI is InChI=1S/C18H14N4O4/c1-26-11-4-2-3-9(5-11)6-13-21-16-14(17(23)22-13)15-12(20-16)7-10(8-19-15)18(24)25/h2-5,7-8H,6H2,1H3,(H,24,25)(H2,20,21,22,23). The van der Waals surface area contributed by atoms with Gasteiger partial charge in [0.2, 0.25) is 0 Å². The van der Waals surface area contributed by atoms with Gasteiger partial charge >= 0.3 is 5.97 Å². The van der Waals surface area contributed by atoms with Gasteiger partial charge in [-0.15, -0.1) is 0 Å². The zero-order valence-electron chi connectivity index (χ0n) is 13.7. The van der Waals surface area contributed by atoms with E-state index in [9.17, 15) is 9.59 Å². The maximum Gasteiger partial charge on any atom is 0.337 e. The molecule has 26 heavy (non-hydrogen) atoms. The van der Waals surface area contributed by atoms with Crippen LogP contribution >= 0.6 is 0 Å². The smallest absolute Gasteiger partial charge is 0.337 e. The number of methoxy groups -OCH3 is 1. The first-order valence-corrected chi connectivity index (χ1v) is 7.82. The van der Waals surface area contributed by atoms with Crippen molar-refractivity contribution in [3.05, 3.63) is 63.8 Å². The number of hydrogen-bond donors (Lipinski definition) is 3. The molecule has 4 aromatic rings. The maximum absolute atomic E-state index is 12.5. The largest absolute Gasteiger partial charge is 0.497 e. The van der Waals surface area contributed by atoms with Gasteiger partial charge in [0.25, 0.3) is 5.56 Å². The molecule has 3 N–H and O–H groups in total. The molecule has 0 bridgehead atoms. The summed E-state index contributed by atoms with van der Waals surface area (Å²) < 4.78 is 5.20. The number of aromatic nitrogens is 4. The molecular weight excluding hydrogens is 336 g/mol. The molecule has 0 amide bonds. The number of ether oxygens (including phenoxy) is 1. The third kappa shape index (κ3) is 2.67. The molecule has 0 unspecified atom stereocenters. The third-order valence-corrected chi connectivity index (χ3v) is 4.10. The average molecular weight is 350 g/mol. The zero-order chi connectivity index (χ0) is 18.3. The minimum atomic E-state index is -1.08. The SMILES string of the molecule is COc1cccc(Cc2nc3[nH]c4cc(C(=O)O)cnc4c3c(=O)[nH]2)c1. The van der Waals surface area contributed by atoms with Crippen LogP contribution in [0.5, 0.6) is 5.75 Å². The molecule has 0 aliphatic carbocycles. The molecule has 4 rings (SSSR count). The van der Waals surface area contributed by atoms with Crippen LogP contribution < -0.4 is 10.3 Å². The first kappa shape index (κ1) is 15.8. The number of aromatic amines is 2. The van der Waals surface area contributed by atoms with Crippen LogP contribution in [0.25, 0.3) is 22.1 Å². The van der Waals surface area contributed by atoms with Crippen LogP contribution in [0.3, 0.4) is 0 Å². The van der Waals surface area contributed by atoms with Gasteiger partial charge in [-0.05, 0) is 23.8 Å². The summed E-state index contributed by atoms with van der Waals surface area (Å²) >= 11 is 0. The zero-order valence-corrected chi connectivity index (χ0v) is 13.7. The predicted molar refractivity (Wildman–Crippen MR) is 94.8 cm³/mol. The number of carboxylic acid groups (broad SMARTS) is 1. The van der Waals surface area contributed by atoms with Gasteiger partial charge in [0.15, 0.2) is 0 Å². The van der Waals surface area contributed by atoms with Gasteiger partial charge in [-0.1, -0.05) is 12.1 Å². The Kier molecular flexibility index (Phi) is 3.65. The van der Waals surface area contributed by atoms with Crippen molar-refractivity contribution < 1.29 is 14.6 Å². The van der Waals surface area contributed by atoms with Crippen molar-refractivity contribution in [1.29, 1.82) is 0 Å². The fourth-order valence-electron chi connectivity index (χ4n) is 2.89. The number of benzene rings is 1. The lowest BCUT2D eigenvalue weighted by Gasteiger charge is -2.04. The number of rotatable bonds is 4. The van der Waals surface area contributed by atoms with Gasteiger partial charge in [-0.3, -0.25) is 9.78 Å². The maximum atomic E-state index is 12.5. The van der Waals surface area contributed by atoms with Gasteiger partial charge in [0.05, 0.1) is 18.2 Å². The molecule has 1 aromatic carbocycles. The molecule has 8 heteroatoms. The van der Waals surface area contributed by atoms with Crippen molar-refractivity contribution >= 4 is 28.0 Å². The lowest BCUT2D eigenvalue weighted by molar-refractivity contribution is 0.0696. The predicted octanol–water partition coefficient (Wildman–Crippen LogP) is 2.10. The second-order valence-corrected chi connectivity index (χ2v) is 5.81. The Morgan fingerprint density at radius 2 is 2.12 bits per heavy atom. The van der Waals surface area contributed by atoms with E-state index in [2.05, 4.69) is 19.9 Å². The van der Waals surface area contributed by atoms with Crippen LogP contribution in [0.2, 0.25) is 0 Å². The molecule has 0 saturated heterocycles. The van der Waals surface area contributed by atoms with Crippen LogP contribution in [0.4, 0.5) is 0 Å². The summed E-state index contributed by atoms with van der Waals surface area (Å²) in [6.45, 7) is 0. The summed E-state index contributed by atoms with van der Waals surface area (Å²) in [7, 11) is 1.59. The second-order valence-electron chi connectivity index (χ2n) is 5.81. The number of H-pyrrole nitrogens is 2. The molecule has 0 atom stereocenters. The van der Waals surface area contributed by atoms with E-state index in [1.807, 2.05) is 24.3 Å². The van der Waals surface area contributed by atoms with Crippen molar-refractivity contribution in [3.8, 4) is 5.75 Å². The van der Waals surface area contributed by atoms with E-state index in [-0.39, 0.29) is 11.1 Å². The van der Waals surface area contributed by atoms with Gasteiger partial charge in [-0.2, -0.15) is 0 Å². The minimum Gasteiger partial charge on any atom is -0.497 e. The Hall–Kier alpha value is -3.68. The topological polar surface area (TPSA) is 121 Å². The molecule has 0 saturated carbocycles. The normalized spacial score (nSPS) is 11.1. The summed E-state index contributed by atoms with van der Waals surface area (Å²) in [5.74, 6) is 0.126. The van der Waals surface area contributed by atoms with Gasteiger partial charge in [0, 0.05) is 12.6 Å². The molecule has 3 aromatic heterocycles. The Labute approximate surface area is 146 Å². The lowest BCUT2D eigenvalue weighted by Crippen LogP contribution is -2.12. The first-order chi connectivity index (χ1) is 12.5. The highest BCUT2D eigenvalue weighted by Gasteiger charge is 2.14. The number of carboxylic acids is 1. The average Bonchev–Trinajstić information content (AvgIpc) is 2.99. The van der Waals surface area contributed by atoms with Crippen LogP contribution in [-0.4, -0.2) is 38.1 Å². The molecule has 0 fully saturated rings. The minimum absolute atomic E-state index is 0.0390. The Bertz CT molecular complexity index is 1210. The monoisotopic (exact) mass is 350 g/mol. The lowest BCUT2D eigenvalue weighted by atomic mass is 10.1. The van der Waals surface area contributed by atoms with Gasteiger partial charge in [-0.25, -0.2) is 9.78 Å². The number of pyridine rings is 1. The number of nitrogens with one attached hydrogen (secondary N) is 2. The fourth-order valence-corrected chi connectivity index (χ4v) is 2.89. The van der Waals surface area contributed by atoms with Crippen molar-refractivity contribution in [1.82, 2.24) is 19.9 Å². The summed E-state index contributed by atoms with van der Waals surface area (Å²) in [5.41, 5.74) is 1.88. The number of aromatic carboxylic acids is 1. The highest BCUT2D eigenvalue weighted by Crippen LogP contribution is 2.21.